The van der Waals surface area contributed by atoms with Gasteiger partial charge in [-0.15, -0.1) is 13.2 Å². The molecule has 0 spiro atoms. The SMILES string of the molecule is CC(CCO)NC(=O)c1ccccc1OC(F)(F)F. The first kappa shape index (κ1) is 15.3. The van der Waals surface area contributed by atoms with Crippen LogP contribution in [0.1, 0.15) is 23.7 Å². The average Bonchev–Trinajstić information content (AvgIpc) is 2.27. The van der Waals surface area contributed by atoms with E-state index in [2.05, 4.69) is 10.1 Å². The van der Waals surface area contributed by atoms with Crippen LogP contribution < -0.4 is 10.1 Å². The summed E-state index contributed by atoms with van der Waals surface area (Å²) < 4.78 is 40.3. The summed E-state index contributed by atoms with van der Waals surface area (Å²) in [7, 11) is 0. The van der Waals surface area contributed by atoms with Crippen LogP contribution in [0.15, 0.2) is 24.3 Å². The molecule has 4 nitrogen and oxygen atoms in total. The second kappa shape index (κ2) is 6.42. The molecular formula is C12H14F3NO3. The number of carbonyl (C=O) groups is 1. The molecule has 0 saturated carbocycles. The van der Waals surface area contributed by atoms with Gasteiger partial charge in [0.05, 0.1) is 5.56 Å². The maximum atomic E-state index is 12.2. The van der Waals surface area contributed by atoms with Crippen molar-refractivity contribution >= 4 is 5.91 Å². The minimum atomic E-state index is -4.85. The maximum absolute atomic E-state index is 12.2. The Bertz CT molecular complexity index is 434. The Kier molecular flexibility index (Phi) is 5.17. The van der Waals surface area contributed by atoms with Crippen molar-refractivity contribution in [2.45, 2.75) is 25.7 Å². The normalized spacial score (nSPS) is 12.9. The second-order valence-corrected chi connectivity index (χ2v) is 3.93. The van der Waals surface area contributed by atoms with E-state index in [0.29, 0.717) is 6.42 Å². The van der Waals surface area contributed by atoms with E-state index in [1.54, 1.807) is 6.92 Å². The zero-order chi connectivity index (χ0) is 14.5. The summed E-state index contributed by atoms with van der Waals surface area (Å²) in [5.74, 6) is -1.23. The fourth-order valence-electron chi connectivity index (χ4n) is 1.44. The molecule has 1 amide bonds. The number of aliphatic hydroxyl groups is 1. The van der Waals surface area contributed by atoms with Crippen LogP contribution in [0.5, 0.6) is 5.75 Å². The number of para-hydroxylation sites is 1. The standard InChI is InChI=1S/C12H14F3NO3/c1-8(6-7-17)16-11(18)9-4-2-3-5-10(9)19-12(13,14)15/h2-5,8,17H,6-7H2,1H3,(H,16,18). The first-order valence-electron chi connectivity index (χ1n) is 5.60. The van der Waals surface area contributed by atoms with E-state index in [4.69, 9.17) is 5.11 Å². The fourth-order valence-corrected chi connectivity index (χ4v) is 1.44. The lowest BCUT2D eigenvalue weighted by molar-refractivity contribution is -0.274. The lowest BCUT2D eigenvalue weighted by Crippen LogP contribution is -2.33. The van der Waals surface area contributed by atoms with Crippen molar-refractivity contribution in [3.8, 4) is 5.75 Å². The zero-order valence-corrected chi connectivity index (χ0v) is 10.2. The third-order valence-electron chi connectivity index (χ3n) is 2.30. The molecule has 1 rings (SSSR count). The van der Waals surface area contributed by atoms with Crippen molar-refractivity contribution in [3.63, 3.8) is 0 Å². The molecule has 0 aliphatic carbocycles. The summed E-state index contributed by atoms with van der Waals surface area (Å²) in [6, 6.07) is 4.74. The molecular weight excluding hydrogens is 263 g/mol. The van der Waals surface area contributed by atoms with E-state index in [1.165, 1.54) is 18.2 Å². The first-order valence-corrected chi connectivity index (χ1v) is 5.60. The number of benzene rings is 1. The average molecular weight is 277 g/mol. The van der Waals surface area contributed by atoms with Crippen molar-refractivity contribution in [2.24, 2.45) is 0 Å². The highest BCUT2D eigenvalue weighted by Gasteiger charge is 2.32. The number of hydrogen-bond donors (Lipinski definition) is 2. The highest BCUT2D eigenvalue weighted by molar-refractivity contribution is 5.97. The third-order valence-corrected chi connectivity index (χ3v) is 2.30. The summed E-state index contributed by atoms with van der Waals surface area (Å²) in [5.41, 5.74) is -0.204. The molecule has 1 aromatic rings. The van der Waals surface area contributed by atoms with Gasteiger partial charge in [-0.2, -0.15) is 0 Å². The van der Waals surface area contributed by atoms with Crippen molar-refractivity contribution in [3.05, 3.63) is 29.8 Å². The van der Waals surface area contributed by atoms with Gasteiger partial charge in [-0.05, 0) is 25.5 Å². The molecule has 19 heavy (non-hydrogen) atoms. The summed E-state index contributed by atoms with van der Waals surface area (Å²) in [6.45, 7) is 1.52. The van der Waals surface area contributed by atoms with Crippen LogP contribution in [-0.2, 0) is 0 Å². The minimum absolute atomic E-state index is 0.123. The highest BCUT2D eigenvalue weighted by atomic mass is 19.4. The topological polar surface area (TPSA) is 58.6 Å². The van der Waals surface area contributed by atoms with Crippen molar-refractivity contribution in [1.82, 2.24) is 5.32 Å². The maximum Gasteiger partial charge on any atom is 0.573 e. The summed E-state index contributed by atoms with van der Waals surface area (Å²) in [5, 5.41) is 11.2. The molecule has 0 aromatic heterocycles. The van der Waals surface area contributed by atoms with Crippen molar-refractivity contribution in [1.29, 1.82) is 0 Å². The first-order chi connectivity index (χ1) is 8.83. The highest BCUT2D eigenvalue weighted by Crippen LogP contribution is 2.26. The Labute approximate surface area is 108 Å². The van der Waals surface area contributed by atoms with Gasteiger partial charge >= 0.3 is 6.36 Å². The molecule has 2 N–H and O–H groups in total. The van der Waals surface area contributed by atoms with E-state index < -0.39 is 18.0 Å². The lowest BCUT2D eigenvalue weighted by atomic mass is 10.1. The van der Waals surface area contributed by atoms with Crippen LogP contribution >= 0.6 is 0 Å². The Morgan fingerprint density at radius 2 is 2.05 bits per heavy atom. The largest absolute Gasteiger partial charge is 0.573 e. The van der Waals surface area contributed by atoms with E-state index in [1.807, 2.05) is 0 Å². The Morgan fingerprint density at radius 1 is 1.42 bits per heavy atom. The van der Waals surface area contributed by atoms with E-state index >= 15 is 0 Å². The summed E-state index contributed by atoms with van der Waals surface area (Å²) in [6.07, 6.45) is -4.54. The number of hydrogen-bond acceptors (Lipinski definition) is 3. The summed E-state index contributed by atoms with van der Waals surface area (Å²) >= 11 is 0. The molecule has 1 atom stereocenters. The monoisotopic (exact) mass is 277 g/mol. The molecule has 1 aromatic carbocycles. The van der Waals surface area contributed by atoms with Crippen molar-refractivity contribution < 1.29 is 27.8 Å². The molecule has 0 saturated heterocycles. The number of amides is 1. The Morgan fingerprint density at radius 3 is 2.63 bits per heavy atom. The molecule has 0 radical (unpaired) electrons. The Hall–Kier alpha value is -1.76. The Balaban J connectivity index is 2.85. The van der Waals surface area contributed by atoms with Crippen LogP contribution in [0.4, 0.5) is 13.2 Å². The molecule has 7 heteroatoms. The lowest BCUT2D eigenvalue weighted by Gasteiger charge is -2.15. The predicted octanol–water partition coefficient (Wildman–Crippen LogP) is 2.09. The summed E-state index contributed by atoms with van der Waals surface area (Å²) in [4.78, 5) is 11.8. The van der Waals surface area contributed by atoms with Crippen LogP contribution in [0.25, 0.3) is 0 Å². The van der Waals surface area contributed by atoms with Crippen LogP contribution in [-0.4, -0.2) is 30.0 Å². The van der Waals surface area contributed by atoms with Gasteiger partial charge in [0.25, 0.3) is 5.91 Å². The molecule has 0 bridgehead atoms. The second-order valence-electron chi connectivity index (χ2n) is 3.93. The fraction of sp³-hybridized carbons (Fsp3) is 0.417. The van der Waals surface area contributed by atoms with Crippen molar-refractivity contribution in [2.75, 3.05) is 6.61 Å². The van der Waals surface area contributed by atoms with Gasteiger partial charge in [0.2, 0.25) is 0 Å². The van der Waals surface area contributed by atoms with Gasteiger partial charge in [-0.1, -0.05) is 12.1 Å². The number of nitrogens with one attached hydrogen (secondary N) is 1. The molecule has 0 aliphatic rings. The van der Waals surface area contributed by atoms with Gasteiger partial charge in [0, 0.05) is 12.6 Å². The van der Waals surface area contributed by atoms with Gasteiger partial charge in [-0.3, -0.25) is 4.79 Å². The smallest absolute Gasteiger partial charge is 0.405 e. The van der Waals surface area contributed by atoms with Crippen LogP contribution in [0.3, 0.4) is 0 Å². The molecule has 0 heterocycles. The van der Waals surface area contributed by atoms with Crippen LogP contribution in [0, 0.1) is 0 Å². The van der Waals surface area contributed by atoms with Gasteiger partial charge < -0.3 is 15.2 Å². The number of alkyl halides is 3. The zero-order valence-electron chi connectivity index (χ0n) is 10.2. The predicted molar refractivity (Wildman–Crippen MR) is 61.8 cm³/mol. The quantitative estimate of drug-likeness (QED) is 0.866. The van der Waals surface area contributed by atoms with E-state index in [-0.39, 0.29) is 18.2 Å². The molecule has 0 fully saturated rings. The van der Waals surface area contributed by atoms with Crippen LogP contribution in [0.2, 0.25) is 0 Å². The molecule has 106 valence electrons. The van der Waals surface area contributed by atoms with Gasteiger partial charge in [-0.25, -0.2) is 0 Å². The van der Waals surface area contributed by atoms with E-state index in [9.17, 15) is 18.0 Å². The number of aliphatic hydroxyl groups excluding tert-OH is 1. The third kappa shape index (κ3) is 5.17. The van der Waals surface area contributed by atoms with Gasteiger partial charge in [0.15, 0.2) is 0 Å². The molecule has 1 unspecified atom stereocenters. The minimum Gasteiger partial charge on any atom is -0.405 e. The van der Waals surface area contributed by atoms with E-state index in [0.717, 1.165) is 6.07 Å². The van der Waals surface area contributed by atoms with Gasteiger partial charge in [0.1, 0.15) is 5.75 Å². The number of carbonyl (C=O) groups excluding carboxylic acids is 1. The number of rotatable bonds is 5. The number of halogens is 3. The molecule has 0 aliphatic heterocycles. The number of ether oxygens (including phenoxy) is 1.